The Bertz CT molecular complexity index is 932. The quantitative estimate of drug-likeness (QED) is 0.214. The van der Waals surface area contributed by atoms with Crippen LogP contribution in [0.2, 0.25) is 0 Å². The molecule has 0 spiro atoms. The van der Waals surface area contributed by atoms with Gasteiger partial charge in [-0.25, -0.2) is 0 Å². The highest BCUT2D eigenvalue weighted by molar-refractivity contribution is 7.80. The zero-order valence-electron chi connectivity index (χ0n) is 17.8. The molecule has 32 heavy (non-hydrogen) atoms. The summed E-state index contributed by atoms with van der Waals surface area (Å²) >= 11 is 5.01. The van der Waals surface area contributed by atoms with Crippen LogP contribution in [0.4, 0.5) is 5.69 Å². The van der Waals surface area contributed by atoms with Crippen molar-refractivity contribution in [2.45, 2.75) is 39.0 Å². The van der Waals surface area contributed by atoms with Gasteiger partial charge in [-0.15, -0.1) is 0 Å². The van der Waals surface area contributed by atoms with E-state index in [1.807, 2.05) is 0 Å². The van der Waals surface area contributed by atoms with Crippen LogP contribution in [-0.4, -0.2) is 28.5 Å². The Morgan fingerprint density at radius 1 is 0.906 bits per heavy atom. The van der Waals surface area contributed by atoms with Gasteiger partial charge in [0, 0.05) is 23.3 Å². The van der Waals surface area contributed by atoms with E-state index < -0.39 is 16.7 Å². The van der Waals surface area contributed by atoms with Crippen molar-refractivity contribution in [2.24, 2.45) is 0 Å². The van der Waals surface area contributed by atoms with Crippen molar-refractivity contribution in [1.82, 2.24) is 16.2 Å². The van der Waals surface area contributed by atoms with Gasteiger partial charge in [-0.3, -0.25) is 35.9 Å². The van der Waals surface area contributed by atoms with Crippen LogP contribution in [-0.2, 0) is 0 Å². The molecule has 0 atom stereocenters. The third kappa shape index (κ3) is 8.31. The van der Waals surface area contributed by atoms with Gasteiger partial charge >= 0.3 is 0 Å². The molecule has 0 heterocycles. The van der Waals surface area contributed by atoms with E-state index in [4.69, 9.17) is 17.0 Å². The van der Waals surface area contributed by atoms with E-state index >= 15 is 0 Å². The number of nitro groups is 1. The number of thiocarbonyl (C=S) groups is 1. The lowest BCUT2D eigenvalue weighted by Gasteiger charge is -2.11. The van der Waals surface area contributed by atoms with E-state index in [1.165, 1.54) is 43.5 Å². The van der Waals surface area contributed by atoms with E-state index in [1.54, 1.807) is 24.3 Å². The second kappa shape index (κ2) is 13.0. The highest BCUT2D eigenvalue weighted by Gasteiger charge is 2.11. The van der Waals surface area contributed by atoms with Crippen LogP contribution in [0.5, 0.6) is 5.75 Å². The van der Waals surface area contributed by atoms with E-state index in [2.05, 4.69) is 23.1 Å². The zero-order valence-corrected chi connectivity index (χ0v) is 18.6. The summed E-state index contributed by atoms with van der Waals surface area (Å²) in [6, 6.07) is 11.7. The molecule has 0 aromatic heterocycles. The normalized spacial score (nSPS) is 10.2. The maximum Gasteiger partial charge on any atom is 0.269 e. The highest BCUT2D eigenvalue weighted by Crippen LogP contribution is 2.14. The second-order valence-corrected chi connectivity index (χ2v) is 7.36. The summed E-state index contributed by atoms with van der Waals surface area (Å²) in [5.41, 5.74) is 5.19. The molecule has 2 aromatic rings. The minimum absolute atomic E-state index is 0.0994. The summed E-state index contributed by atoms with van der Waals surface area (Å²) in [5.74, 6) is -0.320. The SMILES string of the molecule is CCCCCCCOc1ccc(C(=O)NC(=S)NNC(=O)c2ccc([N+](=O)[O-])cc2)cc1. The summed E-state index contributed by atoms with van der Waals surface area (Å²) in [4.78, 5) is 34.4. The van der Waals surface area contributed by atoms with Gasteiger partial charge in [0.1, 0.15) is 5.75 Å². The lowest BCUT2D eigenvalue weighted by molar-refractivity contribution is -0.384. The standard InChI is InChI=1S/C22H26N4O5S/c1-2-3-4-5-6-15-31-19-13-9-16(10-14-19)20(27)23-22(32)25-24-21(28)17-7-11-18(12-8-17)26(29)30/h7-14H,2-6,15H2,1H3,(H,24,28)(H2,23,25,27,32). The molecule has 0 radical (unpaired) electrons. The van der Waals surface area contributed by atoms with Crippen LogP contribution in [0.3, 0.4) is 0 Å². The number of non-ortho nitro benzene ring substituents is 1. The lowest BCUT2D eigenvalue weighted by Crippen LogP contribution is -2.48. The molecule has 0 aliphatic heterocycles. The van der Waals surface area contributed by atoms with Gasteiger partial charge in [-0.1, -0.05) is 32.6 Å². The van der Waals surface area contributed by atoms with Crippen LogP contribution in [0.15, 0.2) is 48.5 Å². The fourth-order valence-electron chi connectivity index (χ4n) is 2.72. The van der Waals surface area contributed by atoms with Crippen LogP contribution >= 0.6 is 12.2 Å². The Balaban J connectivity index is 1.74. The number of rotatable bonds is 10. The minimum atomic E-state index is -0.562. The molecule has 9 nitrogen and oxygen atoms in total. The minimum Gasteiger partial charge on any atom is -0.494 e. The van der Waals surface area contributed by atoms with Crippen molar-refractivity contribution in [3.8, 4) is 5.75 Å². The first-order chi connectivity index (χ1) is 15.4. The molecule has 0 fully saturated rings. The molecule has 0 saturated heterocycles. The fourth-order valence-corrected chi connectivity index (χ4v) is 2.87. The molecule has 2 amide bonds. The number of hydrazine groups is 1. The van der Waals surface area contributed by atoms with Crippen LogP contribution in [0, 0.1) is 10.1 Å². The smallest absolute Gasteiger partial charge is 0.269 e. The van der Waals surface area contributed by atoms with E-state index in [-0.39, 0.29) is 16.4 Å². The monoisotopic (exact) mass is 458 g/mol. The predicted molar refractivity (Wildman–Crippen MR) is 124 cm³/mol. The Labute approximate surface area is 191 Å². The molecule has 0 unspecified atom stereocenters. The van der Waals surface area contributed by atoms with Crippen molar-refractivity contribution < 1.29 is 19.2 Å². The summed E-state index contributed by atoms with van der Waals surface area (Å²) in [6.45, 7) is 2.81. The number of amides is 2. The zero-order chi connectivity index (χ0) is 23.3. The maximum atomic E-state index is 12.3. The summed E-state index contributed by atoms with van der Waals surface area (Å²) < 4.78 is 5.67. The molecule has 0 saturated carbocycles. The molecule has 0 aliphatic carbocycles. The number of nitro benzene ring substituents is 1. The van der Waals surface area contributed by atoms with Gasteiger partial charge in [0.15, 0.2) is 5.11 Å². The van der Waals surface area contributed by atoms with Crippen LogP contribution in [0.1, 0.15) is 59.7 Å². The van der Waals surface area contributed by atoms with Crippen LogP contribution < -0.4 is 20.9 Å². The molecule has 0 bridgehead atoms. The Hall–Kier alpha value is -3.53. The molecule has 2 aromatic carbocycles. The number of benzene rings is 2. The number of unbranched alkanes of at least 4 members (excludes halogenated alkanes) is 4. The van der Waals surface area contributed by atoms with Gasteiger partial charge in [0.25, 0.3) is 17.5 Å². The number of hydrogen-bond acceptors (Lipinski definition) is 6. The van der Waals surface area contributed by atoms with E-state index in [9.17, 15) is 19.7 Å². The molecular weight excluding hydrogens is 432 g/mol. The molecule has 10 heteroatoms. The molecule has 170 valence electrons. The number of nitrogens with zero attached hydrogens (tertiary/aromatic N) is 1. The number of carbonyl (C=O) groups is 2. The van der Waals surface area contributed by atoms with Crippen molar-refractivity contribution in [1.29, 1.82) is 0 Å². The average molecular weight is 459 g/mol. The maximum absolute atomic E-state index is 12.3. The fraction of sp³-hybridized carbons (Fsp3) is 0.318. The van der Waals surface area contributed by atoms with E-state index in [0.717, 1.165) is 12.8 Å². The number of nitrogens with one attached hydrogen (secondary N) is 3. The predicted octanol–water partition coefficient (Wildman–Crippen LogP) is 3.89. The molecule has 3 N–H and O–H groups in total. The first-order valence-electron chi connectivity index (χ1n) is 10.3. The van der Waals surface area contributed by atoms with Crippen LogP contribution in [0.25, 0.3) is 0 Å². The summed E-state index contributed by atoms with van der Waals surface area (Å²) in [6.07, 6.45) is 5.78. The van der Waals surface area contributed by atoms with Gasteiger partial charge in [-0.05, 0) is 55.0 Å². The Kier molecular flexibility index (Phi) is 10.1. The third-order valence-electron chi connectivity index (χ3n) is 4.49. The summed E-state index contributed by atoms with van der Waals surface area (Å²) in [7, 11) is 0. The van der Waals surface area contributed by atoms with Gasteiger partial charge in [0.2, 0.25) is 0 Å². The average Bonchev–Trinajstić information content (AvgIpc) is 2.80. The number of ether oxygens (including phenoxy) is 1. The van der Waals surface area contributed by atoms with Crippen molar-refractivity contribution >= 4 is 34.8 Å². The molecule has 2 rings (SSSR count). The summed E-state index contributed by atoms with van der Waals surface area (Å²) in [5, 5.41) is 13.0. The first kappa shape index (κ1) is 24.7. The van der Waals surface area contributed by atoms with Crippen molar-refractivity contribution in [3.63, 3.8) is 0 Å². The third-order valence-corrected chi connectivity index (χ3v) is 4.69. The van der Waals surface area contributed by atoms with Gasteiger partial charge in [0.05, 0.1) is 11.5 Å². The number of carbonyl (C=O) groups excluding carboxylic acids is 2. The van der Waals surface area contributed by atoms with Crippen molar-refractivity contribution in [2.75, 3.05) is 6.61 Å². The molecule has 0 aliphatic rings. The molecular formula is C22H26N4O5S. The van der Waals surface area contributed by atoms with Crippen molar-refractivity contribution in [3.05, 3.63) is 69.8 Å². The highest BCUT2D eigenvalue weighted by atomic mass is 32.1. The first-order valence-corrected chi connectivity index (χ1v) is 10.7. The number of hydrogen-bond donors (Lipinski definition) is 3. The lowest BCUT2D eigenvalue weighted by atomic mass is 10.2. The largest absolute Gasteiger partial charge is 0.494 e. The van der Waals surface area contributed by atoms with Gasteiger partial charge < -0.3 is 4.74 Å². The second-order valence-electron chi connectivity index (χ2n) is 6.95. The Morgan fingerprint density at radius 2 is 1.50 bits per heavy atom. The van der Waals surface area contributed by atoms with E-state index in [0.29, 0.717) is 17.9 Å². The Morgan fingerprint density at radius 3 is 2.12 bits per heavy atom. The van der Waals surface area contributed by atoms with Gasteiger partial charge in [-0.2, -0.15) is 0 Å². The topological polar surface area (TPSA) is 123 Å².